The molecule has 0 amide bonds. The third-order valence-corrected chi connectivity index (χ3v) is 6.76. The summed E-state index contributed by atoms with van der Waals surface area (Å²) in [6, 6.07) is 0. The van der Waals surface area contributed by atoms with Crippen LogP contribution in [0.15, 0.2) is 0 Å². The van der Waals surface area contributed by atoms with Crippen LogP contribution in [0.4, 0.5) is 0 Å². The first kappa shape index (κ1) is 31.1. The van der Waals surface area contributed by atoms with Gasteiger partial charge < -0.3 is 9.66 Å². The number of aliphatic hydroxyl groups is 1. The summed E-state index contributed by atoms with van der Waals surface area (Å²) in [5.74, 6) is 0. The molecule has 1 N–H and O–H groups in total. The van der Waals surface area contributed by atoms with Crippen molar-refractivity contribution in [3.05, 3.63) is 0 Å². The summed E-state index contributed by atoms with van der Waals surface area (Å²) < 4.78 is 34.0. The van der Waals surface area contributed by atoms with E-state index in [1.807, 2.05) is 0 Å². The van der Waals surface area contributed by atoms with Crippen LogP contribution in [0.25, 0.3) is 0 Å². The van der Waals surface area contributed by atoms with E-state index in [4.69, 9.17) is 0 Å². The molecule has 0 aliphatic carbocycles. The van der Waals surface area contributed by atoms with Crippen molar-refractivity contribution in [2.75, 3.05) is 0 Å². The molecule has 0 aromatic carbocycles. The molecule has 0 aromatic rings. The van der Waals surface area contributed by atoms with Crippen LogP contribution in [0.5, 0.6) is 0 Å². The molecule has 0 heterocycles. The Labute approximate surface area is 197 Å². The molecule has 4 nitrogen and oxygen atoms in total. The van der Waals surface area contributed by atoms with Gasteiger partial charge in [0.1, 0.15) is 0 Å². The minimum atomic E-state index is -4.13. The van der Waals surface area contributed by atoms with E-state index in [0.29, 0.717) is 12.8 Å². The Hall–Kier alpha value is 0.870. The maximum absolute atomic E-state index is 11.3. The Morgan fingerprint density at radius 2 is 1.04 bits per heavy atom. The van der Waals surface area contributed by atoms with Crippen molar-refractivity contribution >= 4 is 10.1 Å². The Morgan fingerprint density at radius 1 is 0.643 bits per heavy atom. The Balaban J connectivity index is 0. The van der Waals surface area contributed by atoms with Crippen LogP contribution < -0.4 is 29.6 Å². The molecule has 0 bridgehead atoms. The SMILES string of the molecule is CCCCCC(CCCCCCCCCCCCC(O)CCC)S(=O)(=O)[O-].[Na+]. The summed E-state index contributed by atoms with van der Waals surface area (Å²) in [5.41, 5.74) is 0. The maximum Gasteiger partial charge on any atom is 1.00 e. The van der Waals surface area contributed by atoms with Gasteiger partial charge in [0.25, 0.3) is 0 Å². The number of hydrogen-bond donors (Lipinski definition) is 1. The van der Waals surface area contributed by atoms with Crippen molar-refractivity contribution in [1.82, 2.24) is 0 Å². The second-order valence-corrected chi connectivity index (χ2v) is 9.82. The van der Waals surface area contributed by atoms with Crippen molar-refractivity contribution in [2.45, 2.75) is 141 Å². The van der Waals surface area contributed by atoms with Gasteiger partial charge in [-0.2, -0.15) is 0 Å². The molecule has 0 spiro atoms. The zero-order chi connectivity index (χ0) is 20.4. The molecule has 0 saturated heterocycles. The van der Waals surface area contributed by atoms with E-state index < -0.39 is 15.4 Å². The Kier molecular flexibility index (Phi) is 23.4. The van der Waals surface area contributed by atoms with Crippen molar-refractivity contribution in [3.8, 4) is 0 Å². The van der Waals surface area contributed by atoms with Crippen molar-refractivity contribution in [3.63, 3.8) is 0 Å². The number of hydrogen-bond acceptors (Lipinski definition) is 4. The molecule has 2 unspecified atom stereocenters. The molecule has 164 valence electrons. The average Bonchev–Trinajstić information content (AvgIpc) is 2.60. The quantitative estimate of drug-likeness (QED) is 0.183. The van der Waals surface area contributed by atoms with Crippen molar-refractivity contribution in [2.24, 2.45) is 0 Å². The first-order valence-corrected chi connectivity index (χ1v) is 13.0. The summed E-state index contributed by atoms with van der Waals surface area (Å²) in [5, 5.41) is 9.01. The average molecular weight is 429 g/mol. The van der Waals surface area contributed by atoms with E-state index in [1.54, 1.807) is 0 Å². The molecule has 0 saturated carbocycles. The summed E-state index contributed by atoms with van der Waals surface area (Å²) in [6.07, 6.45) is 18.5. The van der Waals surface area contributed by atoms with Gasteiger partial charge in [0.15, 0.2) is 0 Å². The third-order valence-electron chi connectivity index (χ3n) is 5.47. The van der Waals surface area contributed by atoms with Gasteiger partial charge in [-0.15, -0.1) is 0 Å². The number of aliphatic hydroxyl groups excluding tert-OH is 1. The van der Waals surface area contributed by atoms with Gasteiger partial charge in [-0.05, 0) is 25.7 Å². The van der Waals surface area contributed by atoms with Gasteiger partial charge in [0.05, 0.1) is 16.2 Å². The zero-order valence-corrected chi connectivity index (χ0v) is 21.8. The van der Waals surface area contributed by atoms with Crippen molar-refractivity contribution < 1.29 is 47.6 Å². The molecular weight excluding hydrogens is 383 g/mol. The minimum absolute atomic E-state index is 0. The van der Waals surface area contributed by atoms with Gasteiger partial charge in [0, 0.05) is 5.25 Å². The normalized spacial score (nSPS) is 13.9. The van der Waals surface area contributed by atoms with E-state index in [2.05, 4.69) is 13.8 Å². The summed E-state index contributed by atoms with van der Waals surface area (Å²) >= 11 is 0. The van der Waals surface area contributed by atoms with Gasteiger partial charge in [0.2, 0.25) is 0 Å². The van der Waals surface area contributed by atoms with Gasteiger partial charge in [-0.1, -0.05) is 104 Å². The fraction of sp³-hybridized carbons (Fsp3) is 1.00. The molecule has 0 rings (SSSR count). The molecule has 2 atom stereocenters. The summed E-state index contributed by atoms with van der Waals surface area (Å²) in [7, 11) is -4.13. The van der Waals surface area contributed by atoms with Gasteiger partial charge in [-0.3, -0.25) is 0 Å². The molecule has 0 radical (unpaired) electrons. The van der Waals surface area contributed by atoms with Gasteiger partial charge in [-0.25, -0.2) is 8.42 Å². The van der Waals surface area contributed by atoms with Crippen LogP contribution in [0.1, 0.15) is 129 Å². The summed E-state index contributed by atoms with van der Waals surface area (Å²) in [6.45, 7) is 4.19. The monoisotopic (exact) mass is 428 g/mol. The van der Waals surface area contributed by atoms with E-state index in [0.717, 1.165) is 64.2 Å². The molecule has 0 fully saturated rings. The summed E-state index contributed by atoms with van der Waals surface area (Å²) in [4.78, 5) is 0. The third kappa shape index (κ3) is 20.2. The van der Waals surface area contributed by atoms with Gasteiger partial charge >= 0.3 is 29.6 Å². The fourth-order valence-corrected chi connectivity index (χ4v) is 4.61. The van der Waals surface area contributed by atoms with Crippen LogP contribution in [-0.4, -0.2) is 29.4 Å². The fourth-order valence-electron chi connectivity index (χ4n) is 3.70. The number of unbranched alkanes of at least 4 members (excludes halogenated alkanes) is 11. The Morgan fingerprint density at radius 3 is 1.43 bits per heavy atom. The van der Waals surface area contributed by atoms with Crippen LogP contribution >= 0.6 is 0 Å². The maximum atomic E-state index is 11.3. The van der Waals surface area contributed by atoms with Crippen LogP contribution in [-0.2, 0) is 10.1 Å². The van der Waals surface area contributed by atoms with E-state index in [9.17, 15) is 18.1 Å². The predicted molar refractivity (Wildman–Crippen MR) is 114 cm³/mol. The predicted octanol–water partition coefficient (Wildman–Crippen LogP) is 3.33. The molecule has 0 aliphatic rings. The second kappa shape index (κ2) is 21.1. The molecule has 0 aliphatic heterocycles. The van der Waals surface area contributed by atoms with E-state index >= 15 is 0 Å². The topological polar surface area (TPSA) is 77.4 Å². The van der Waals surface area contributed by atoms with Crippen molar-refractivity contribution in [1.29, 1.82) is 0 Å². The molecule has 6 heteroatoms. The minimum Gasteiger partial charge on any atom is -0.748 e. The van der Waals surface area contributed by atoms with Crippen LogP contribution in [0.2, 0.25) is 0 Å². The Bertz CT molecular complexity index is 415. The molecular formula is C22H45NaO4S. The standard InChI is InChI=1S/C22H46O4S.Na/c1-3-5-14-19-22(27(24,25)26)20-16-13-11-9-7-6-8-10-12-15-18-21(23)17-4-2;/h21-23H,3-20H2,1-2H3,(H,24,25,26);/q;+1/p-1. The smallest absolute Gasteiger partial charge is 0.748 e. The van der Waals surface area contributed by atoms with E-state index in [1.165, 1.54) is 38.5 Å². The second-order valence-electron chi connectivity index (χ2n) is 8.17. The van der Waals surface area contributed by atoms with Crippen LogP contribution in [0.3, 0.4) is 0 Å². The number of rotatable bonds is 20. The largest absolute Gasteiger partial charge is 1.00 e. The molecule has 28 heavy (non-hydrogen) atoms. The first-order valence-electron chi connectivity index (χ1n) is 11.5. The van der Waals surface area contributed by atoms with Crippen LogP contribution in [0, 0.1) is 0 Å². The van der Waals surface area contributed by atoms with E-state index in [-0.39, 0.29) is 35.7 Å². The zero-order valence-electron chi connectivity index (χ0n) is 19.0. The molecule has 0 aromatic heterocycles. The first-order chi connectivity index (χ1) is 12.9.